The van der Waals surface area contributed by atoms with Crippen molar-refractivity contribution >= 4 is 6.09 Å². The zero-order chi connectivity index (χ0) is 20.1. The van der Waals surface area contributed by atoms with Gasteiger partial charge in [0, 0.05) is 31.9 Å². The third-order valence-electron chi connectivity index (χ3n) is 4.50. The molecule has 1 aliphatic heterocycles. The predicted molar refractivity (Wildman–Crippen MR) is 110 cm³/mol. The largest absolute Gasteiger partial charge is 0.444 e. The molecular weight excluding hydrogens is 324 g/mol. The Morgan fingerprint density at radius 3 is 1.88 bits per heavy atom. The van der Waals surface area contributed by atoms with Crippen molar-refractivity contribution in [3.8, 4) is 0 Å². The number of hydrogen-bond donors (Lipinski definition) is 0. The maximum Gasteiger partial charge on any atom is 0.410 e. The molecule has 0 spiro atoms. The van der Waals surface area contributed by atoms with Crippen LogP contribution in [0.25, 0.3) is 0 Å². The minimum Gasteiger partial charge on any atom is -0.444 e. The van der Waals surface area contributed by atoms with Gasteiger partial charge in [-0.05, 0) is 44.6 Å². The summed E-state index contributed by atoms with van der Waals surface area (Å²) >= 11 is 0. The summed E-state index contributed by atoms with van der Waals surface area (Å²) in [5, 5.41) is 0. The first-order chi connectivity index (χ1) is 11.8. The monoisotopic (exact) mass is 364 g/mol. The van der Waals surface area contributed by atoms with Crippen molar-refractivity contribution in [1.29, 1.82) is 0 Å². The van der Waals surface area contributed by atoms with E-state index < -0.39 is 5.60 Å². The Hall–Kier alpha value is -1.45. The zero-order valence-corrected chi connectivity index (χ0v) is 18.5. The van der Waals surface area contributed by atoms with Crippen LogP contribution >= 0.6 is 0 Å². The van der Waals surface area contributed by atoms with Crippen LogP contribution in [-0.2, 0) is 4.74 Å². The van der Waals surface area contributed by atoms with E-state index in [9.17, 15) is 4.79 Å². The Morgan fingerprint density at radius 2 is 1.50 bits per heavy atom. The van der Waals surface area contributed by atoms with Crippen LogP contribution in [0.1, 0.15) is 68.7 Å². The van der Waals surface area contributed by atoms with Crippen molar-refractivity contribution in [3.63, 3.8) is 0 Å². The van der Waals surface area contributed by atoms with Crippen LogP contribution in [0.4, 0.5) is 4.79 Å². The number of carbonyl (C=O) groups is 1. The maximum atomic E-state index is 12.3. The summed E-state index contributed by atoms with van der Waals surface area (Å²) in [7, 11) is 0. The first-order valence-electron chi connectivity index (χ1n) is 10.00. The molecule has 0 atom stereocenters. The number of rotatable bonds is 4. The topological polar surface area (TPSA) is 32.8 Å². The second-order valence-corrected chi connectivity index (χ2v) is 9.50. The Labute approximate surface area is 161 Å². The molecule has 0 unspecified atom stereocenters. The first-order valence-corrected chi connectivity index (χ1v) is 10.00. The normalized spacial score (nSPS) is 17.8. The van der Waals surface area contributed by atoms with Gasteiger partial charge in [0.25, 0.3) is 0 Å². The Morgan fingerprint density at radius 1 is 1.00 bits per heavy atom. The molecule has 150 valence electrons. The van der Waals surface area contributed by atoms with Gasteiger partial charge in [0.2, 0.25) is 0 Å². The molecule has 0 aromatic heterocycles. The average molecular weight is 365 g/mol. The van der Waals surface area contributed by atoms with Gasteiger partial charge in [-0.3, -0.25) is 0 Å². The highest BCUT2D eigenvalue weighted by molar-refractivity contribution is 5.68. The molecule has 1 rings (SSSR count). The number of piperazine rings is 1. The lowest BCUT2D eigenvalue weighted by molar-refractivity contribution is 0.0171. The minimum absolute atomic E-state index is 0.152. The van der Waals surface area contributed by atoms with Gasteiger partial charge in [0.05, 0.1) is 0 Å². The van der Waals surface area contributed by atoms with E-state index >= 15 is 0 Å². The number of allylic oxidation sites excluding steroid dienone is 3. The standard InChI is InChI=1S/C22H40N2O2/c1-10-11-18(16-19(17(2)3)21(4,5)6)23-12-14-24(15-13-23)20(25)26-22(7,8)9/h11,16-17H,10,12-15H2,1-9H3/b18-11?,19-16+. The van der Waals surface area contributed by atoms with Crippen LogP contribution in [0.3, 0.4) is 0 Å². The average Bonchev–Trinajstić information content (AvgIpc) is 2.48. The van der Waals surface area contributed by atoms with E-state index in [1.165, 1.54) is 11.3 Å². The van der Waals surface area contributed by atoms with E-state index in [0.717, 1.165) is 19.5 Å². The molecule has 4 heteroatoms. The smallest absolute Gasteiger partial charge is 0.410 e. The lowest BCUT2D eigenvalue weighted by Gasteiger charge is -2.38. The van der Waals surface area contributed by atoms with E-state index in [2.05, 4.69) is 58.6 Å². The lowest BCUT2D eigenvalue weighted by atomic mass is 9.79. The van der Waals surface area contributed by atoms with E-state index in [4.69, 9.17) is 4.74 Å². The summed E-state index contributed by atoms with van der Waals surface area (Å²) in [6, 6.07) is 0. The number of ether oxygens (including phenoxy) is 1. The van der Waals surface area contributed by atoms with Gasteiger partial charge in [-0.15, -0.1) is 0 Å². The second kappa shape index (κ2) is 8.96. The minimum atomic E-state index is -0.441. The van der Waals surface area contributed by atoms with E-state index in [1.54, 1.807) is 0 Å². The molecule has 0 saturated carbocycles. The quantitative estimate of drug-likeness (QED) is 0.621. The van der Waals surface area contributed by atoms with Crippen molar-refractivity contribution in [3.05, 3.63) is 23.4 Å². The number of carbonyl (C=O) groups excluding carboxylic acids is 1. The molecular formula is C22H40N2O2. The van der Waals surface area contributed by atoms with Gasteiger partial charge in [-0.1, -0.05) is 53.2 Å². The molecule has 1 heterocycles. The lowest BCUT2D eigenvalue weighted by Crippen LogP contribution is -2.49. The van der Waals surface area contributed by atoms with Crippen LogP contribution in [-0.4, -0.2) is 47.7 Å². The van der Waals surface area contributed by atoms with E-state index in [-0.39, 0.29) is 11.5 Å². The third-order valence-corrected chi connectivity index (χ3v) is 4.50. The third kappa shape index (κ3) is 7.05. The van der Waals surface area contributed by atoms with E-state index in [1.807, 2.05) is 25.7 Å². The summed E-state index contributed by atoms with van der Waals surface area (Å²) in [6.45, 7) is 22.4. The Bertz CT molecular complexity index is 525. The van der Waals surface area contributed by atoms with Crippen molar-refractivity contribution in [2.45, 2.75) is 74.3 Å². The van der Waals surface area contributed by atoms with Gasteiger partial charge in [0.1, 0.15) is 5.60 Å². The van der Waals surface area contributed by atoms with Crippen LogP contribution < -0.4 is 0 Å². The van der Waals surface area contributed by atoms with Gasteiger partial charge in [-0.2, -0.15) is 0 Å². The molecule has 1 fully saturated rings. The van der Waals surface area contributed by atoms with E-state index in [0.29, 0.717) is 19.0 Å². The summed E-state index contributed by atoms with van der Waals surface area (Å²) in [6.07, 6.45) is 5.48. The molecule has 26 heavy (non-hydrogen) atoms. The van der Waals surface area contributed by atoms with Crippen LogP contribution in [0.5, 0.6) is 0 Å². The van der Waals surface area contributed by atoms with Gasteiger partial charge in [0.15, 0.2) is 0 Å². The van der Waals surface area contributed by atoms with Crippen LogP contribution in [0.2, 0.25) is 0 Å². The fourth-order valence-corrected chi connectivity index (χ4v) is 3.37. The maximum absolute atomic E-state index is 12.3. The molecule has 0 radical (unpaired) electrons. The highest BCUT2D eigenvalue weighted by Crippen LogP contribution is 2.33. The number of amides is 1. The van der Waals surface area contributed by atoms with Gasteiger partial charge >= 0.3 is 6.09 Å². The molecule has 0 aromatic rings. The van der Waals surface area contributed by atoms with Crippen molar-refractivity contribution in [2.24, 2.45) is 11.3 Å². The number of hydrogen-bond acceptors (Lipinski definition) is 3. The molecule has 1 saturated heterocycles. The Balaban J connectivity index is 2.87. The second-order valence-electron chi connectivity index (χ2n) is 9.50. The zero-order valence-electron chi connectivity index (χ0n) is 18.5. The highest BCUT2D eigenvalue weighted by Gasteiger charge is 2.27. The van der Waals surface area contributed by atoms with Crippen LogP contribution in [0.15, 0.2) is 23.4 Å². The van der Waals surface area contributed by atoms with Crippen LogP contribution in [0, 0.1) is 11.3 Å². The molecule has 4 nitrogen and oxygen atoms in total. The molecule has 1 amide bonds. The van der Waals surface area contributed by atoms with Crippen molar-refractivity contribution < 1.29 is 9.53 Å². The fourth-order valence-electron chi connectivity index (χ4n) is 3.37. The molecule has 0 aromatic carbocycles. The predicted octanol–water partition coefficient (Wildman–Crippen LogP) is 5.46. The summed E-state index contributed by atoms with van der Waals surface area (Å²) in [4.78, 5) is 16.5. The van der Waals surface area contributed by atoms with Gasteiger partial charge in [-0.25, -0.2) is 4.79 Å². The first kappa shape index (κ1) is 22.6. The summed E-state index contributed by atoms with van der Waals surface area (Å²) < 4.78 is 5.50. The summed E-state index contributed by atoms with van der Waals surface area (Å²) in [5.74, 6) is 0.512. The Kier molecular flexibility index (Phi) is 7.79. The highest BCUT2D eigenvalue weighted by atomic mass is 16.6. The SMILES string of the molecule is CCC=C(/C=C(\C(C)C)C(C)(C)C)N1CCN(C(=O)OC(C)(C)C)CC1. The molecule has 0 N–H and O–H groups in total. The fraction of sp³-hybridized carbons (Fsp3) is 0.773. The van der Waals surface area contributed by atoms with Crippen molar-refractivity contribution in [1.82, 2.24) is 9.80 Å². The van der Waals surface area contributed by atoms with Gasteiger partial charge < -0.3 is 14.5 Å². The van der Waals surface area contributed by atoms with Crippen molar-refractivity contribution in [2.75, 3.05) is 26.2 Å². The summed E-state index contributed by atoms with van der Waals surface area (Å²) in [5.41, 5.74) is 2.46. The molecule has 0 bridgehead atoms. The molecule has 0 aliphatic carbocycles. The number of nitrogens with zero attached hydrogens (tertiary/aromatic N) is 2. The molecule has 1 aliphatic rings.